The van der Waals surface area contributed by atoms with Crippen LogP contribution in [0.2, 0.25) is 0 Å². The number of hydrogen-bond donors (Lipinski definition) is 3. The molecule has 0 bridgehead atoms. The van der Waals surface area contributed by atoms with Crippen molar-refractivity contribution in [1.82, 2.24) is 10.0 Å². The van der Waals surface area contributed by atoms with Crippen molar-refractivity contribution in [1.29, 1.82) is 0 Å². The Kier molecular flexibility index (Phi) is 5.43. The highest BCUT2D eigenvalue weighted by Gasteiger charge is 2.24. The number of fused-ring (bicyclic) bond motifs is 1. The zero-order valence-electron chi connectivity index (χ0n) is 12.3. The van der Waals surface area contributed by atoms with E-state index in [2.05, 4.69) is 31.3 Å². The van der Waals surface area contributed by atoms with Crippen LogP contribution in [0.3, 0.4) is 0 Å². The average Bonchev–Trinajstić information content (AvgIpc) is 2.44. The Morgan fingerprint density at radius 2 is 2.18 bits per heavy atom. The van der Waals surface area contributed by atoms with Crippen LogP contribution in [-0.2, 0) is 14.8 Å². The molecular weight excluding hydrogens is 374 g/mol. The summed E-state index contributed by atoms with van der Waals surface area (Å²) in [6.07, 6.45) is 0. The van der Waals surface area contributed by atoms with Gasteiger partial charge in [-0.3, -0.25) is 4.79 Å². The number of hydrogen-bond acceptors (Lipinski definition) is 5. The molecule has 3 N–H and O–H groups in total. The summed E-state index contributed by atoms with van der Waals surface area (Å²) in [4.78, 5) is 11.3. The van der Waals surface area contributed by atoms with Gasteiger partial charge in [-0.15, -0.1) is 0 Å². The van der Waals surface area contributed by atoms with Gasteiger partial charge in [0.2, 0.25) is 10.0 Å². The van der Waals surface area contributed by atoms with Crippen LogP contribution in [0.5, 0.6) is 5.75 Å². The van der Waals surface area contributed by atoms with Crippen molar-refractivity contribution < 1.29 is 17.9 Å². The minimum absolute atomic E-state index is 0.0201. The molecule has 0 saturated carbocycles. The van der Waals surface area contributed by atoms with Crippen molar-refractivity contribution in [2.45, 2.75) is 24.8 Å². The zero-order valence-corrected chi connectivity index (χ0v) is 14.7. The number of halogens is 1. The van der Waals surface area contributed by atoms with Crippen LogP contribution < -0.4 is 20.1 Å². The highest BCUT2D eigenvalue weighted by atomic mass is 79.9. The van der Waals surface area contributed by atoms with Crippen LogP contribution in [0.4, 0.5) is 5.69 Å². The van der Waals surface area contributed by atoms with Gasteiger partial charge in [-0.2, -0.15) is 0 Å². The SMILES string of the molecule is CCN[C@H](C)CNS(=O)(=O)c1cc2c(cc1Br)NC(=O)CO2. The molecule has 1 aliphatic rings. The molecule has 1 aliphatic heterocycles. The molecule has 22 heavy (non-hydrogen) atoms. The lowest BCUT2D eigenvalue weighted by Gasteiger charge is -2.20. The Morgan fingerprint density at radius 3 is 2.86 bits per heavy atom. The first-order valence-corrected chi connectivity index (χ1v) is 9.10. The third kappa shape index (κ3) is 3.97. The van der Waals surface area contributed by atoms with Gasteiger partial charge in [-0.25, -0.2) is 13.1 Å². The van der Waals surface area contributed by atoms with Crippen LogP contribution in [0.1, 0.15) is 13.8 Å². The van der Waals surface area contributed by atoms with E-state index in [1.165, 1.54) is 12.1 Å². The average molecular weight is 392 g/mol. The van der Waals surface area contributed by atoms with Crippen molar-refractivity contribution in [3.05, 3.63) is 16.6 Å². The summed E-state index contributed by atoms with van der Waals surface area (Å²) < 4.78 is 33.0. The van der Waals surface area contributed by atoms with E-state index in [1.54, 1.807) is 0 Å². The number of likely N-dealkylation sites (N-methyl/N-ethyl adjacent to an activating group) is 1. The molecule has 1 aromatic rings. The van der Waals surface area contributed by atoms with Crippen LogP contribution in [0.25, 0.3) is 0 Å². The van der Waals surface area contributed by atoms with Crippen molar-refractivity contribution in [2.75, 3.05) is 25.0 Å². The summed E-state index contributed by atoms with van der Waals surface area (Å²) >= 11 is 3.23. The van der Waals surface area contributed by atoms with Crippen molar-refractivity contribution in [3.63, 3.8) is 0 Å². The normalized spacial score (nSPS) is 15.7. The van der Waals surface area contributed by atoms with Gasteiger partial charge < -0.3 is 15.4 Å². The van der Waals surface area contributed by atoms with Gasteiger partial charge in [0.25, 0.3) is 5.91 Å². The van der Waals surface area contributed by atoms with Gasteiger partial charge in [-0.1, -0.05) is 6.92 Å². The molecule has 1 aromatic carbocycles. The van der Waals surface area contributed by atoms with Crippen molar-refractivity contribution in [2.24, 2.45) is 0 Å². The molecule has 0 aliphatic carbocycles. The molecule has 0 saturated heterocycles. The first kappa shape index (κ1) is 17.2. The van der Waals surface area contributed by atoms with Gasteiger partial charge in [0.1, 0.15) is 5.75 Å². The van der Waals surface area contributed by atoms with E-state index in [4.69, 9.17) is 4.74 Å². The molecule has 1 atom stereocenters. The van der Waals surface area contributed by atoms with E-state index in [0.717, 1.165) is 6.54 Å². The maximum Gasteiger partial charge on any atom is 0.262 e. The second-order valence-corrected chi connectivity index (χ2v) is 7.52. The largest absolute Gasteiger partial charge is 0.482 e. The molecular formula is C13H18BrN3O4S. The summed E-state index contributed by atoms with van der Waals surface area (Å²) in [5.74, 6) is 0.0653. The monoisotopic (exact) mass is 391 g/mol. The molecule has 1 amide bonds. The fourth-order valence-electron chi connectivity index (χ4n) is 2.02. The van der Waals surface area contributed by atoms with E-state index < -0.39 is 10.0 Å². The standard InChI is InChI=1S/C13H18BrN3O4S/c1-3-15-8(2)6-16-22(19,20)12-5-11-10(4-9(12)14)17-13(18)7-21-11/h4-5,8,15-16H,3,6-7H2,1-2H3,(H,17,18)/t8-/m1/s1. The van der Waals surface area contributed by atoms with Gasteiger partial charge in [0.05, 0.1) is 10.6 Å². The minimum Gasteiger partial charge on any atom is -0.482 e. The molecule has 1 heterocycles. The van der Waals surface area contributed by atoms with Crippen LogP contribution in [0.15, 0.2) is 21.5 Å². The van der Waals surface area contributed by atoms with Crippen LogP contribution in [-0.4, -0.2) is 40.1 Å². The Balaban J connectivity index is 2.22. The number of carbonyl (C=O) groups is 1. The van der Waals surface area contributed by atoms with E-state index in [9.17, 15) is 13.2 Å². The third-order valence-corrected chi connectivity index (χ3v) is 5.47. The molecule has 0 unspecified atom stereocenters. The number of nitrogens with one attached hydrogen (secondary N) is 3. The highest BCUT2D eigenvalue weighted by Crippen LogP contribution is 2.35. The minimum atomic E-state index is -3.68. The predicted molar refractivity (Wildman–Crippen MR) is 86.6 cm³/mol. The number of rotatable bonds is 6. The fourth-order valence-corrected chi connectivity index (χ4v) is 4.21. The molecule has 9 heteroatoms. The summed E-state index contributed by atoms with van der Waals surface area (Å²) in [6.45, 7) is 4.76. The number of benzene rings is 1. The van der Waals surface area contributed by atoms with Gasteiger partial charge in [-0.05, 0) is 35.5 Å². The van der Waals surface area contributed by atoms with Gasteiger partial charge in [0, 0.05) is 23.1 Å². The van der Waals surface area contributed by atoms with Gasteiger partial charge in [0.15, 0.2) is 6.61 Å². The maximum absolute atomic E-state index is 12.4. The Labute approximate surface area is 138 Å². The first-order chi connectivity index (χ1) is 10.3. The van der Waals surface area contributed by atoms with E-state index >= 15 is 0 Å². The van der Waals surface area contributed by atoms with E-state index in [0.29, 0.717) is 15.9 Å². The number of anilines is 1. The number of sulfonamides is 1. The highest BCUT2D eigenvalue weighted by molar-refractivity contribution is 9.10. The number of amides is 1. The Bertz CT molecular complexity index is 678. The third-order valence-electron chi connectivity index (χ3n) is 3.09. The van der Waals surface area contributed by atoms with E-state index in [-0.39, 0.29) is 30.0 Å². The van der Waals surface area contributed by atoms with Gasteiger partial charge >= 0.3 is 0 Å². The smallest absolute Gasteiger partial charge is 0.262 e. The Hall–Kier alpha value is -1.16. The number of carbonyl (C=O) groups excluding carboxylic acids is 1. The molecule has 0 radical (unpaired) electrons. The molecule has 2 rings (SSSR count). The summed E-state index contributed by atoms with van der Waals surface area (Å²) in [5, 5.41) is 5.76. The quantitative estimate of drug-likeness (QED) is 0.673. The molecule has 7 nitrogen and oxygen atoms in total. The second kappa shape index (κ2) is 6.95. The van der Waals surface area contributed by atoms with Crippen LogP contribution in [0, 0.1) is 0 Å². The lowest BCUT2D eigenvalue weighted by Crippen LogP contribution is -2.38. The maximum atomic E-state index is 12.4. The topological polar surface area (TPSA) is 96.5 Å². The second-order valence-electron chi connectivity index (χ2n) is 4.93. The Morgan fingerprint density at radius 1 is 1.45 bits per heavy atom. The van der Waals surface area contributed by atoms with E-state index in [1.807, 2.05) is 13.8 Å². The number of ether oxygens (including phenoxy) is 1. The molecule has 0 spiro atoms. The molecule has 0 fully saturated rings. The zero-order chi connectivity index (χ0) is 16.3. The summed E-state index contributed by atoms with van der Waals surface area (Å²) in [5.41, 5.74) is 0.447. The van der Waals surface area contributed by atoms with Crippen LogP contribution >= 0.6 is 15.9 Å². The fraction of sp³-hybridized carbons (Fsp3) is 0.462. The summed E-state index contributed by atoms with van der Waals surface area (Å²) in [7, 11) is -3.68. The predicted octanol–water partition coefficient (Wildman–Crippen LogP) is 1.06. The lowest BCUT2D eigenvalue weighted by atomic mass is 10.2. The molecule has 122 valence electrons. The first-order valence-electron chi connectivity index (χ1n) is 6.82. The lowest BCUT2D eigenvalue weighted by molar-refractivity contribution is -0.118. The van der Waals surface area contributed by atoms with Crippen molar-refractivity contribution in [3.8, 4) is 5.75 Å². The van der Waals surface area contributed by atoms with Crippen molar-refractivity contribution >= 4 is 37.5 Å². The summed E-state index contributed by atoms with van der Waals surface area (Å²) in [6, 6.07) is 2.94. The molecule has 0 aromatic heterocycles.